The maximum atomic E-state index is 12.2. The predicted octanol–water partition coefficient (Wildman–Crippen LogP) is 0.573. The van der Waals surface area contributed by atoms with E-state index in [9.17, 15) is 8.42 Å². The van der Waals surface area contributed by atoms with E-state index in [0.29, 0.717) is 13.0 Å². The Kier molecular flexibility index (Phi) is 4.03. The molecule has 1 aliphatic heterocycles. The third-order valence-corrected chi connectivity index (χ3v) is 5.02. The minimum Gasteiger partial charge on any atom is -0.409 e. The van der Waals surface area contributed by atoms with E-state index in [1.54, 1.807) is 0 Å². The smallest absolute Gasteiger partial charge is 0.215 e. The Morgan fingerprint density at radius 2 is 2.12 bits per heavy atom. The molecule has 0 bridgehead atoms. The van der Waals surface area contributed by atoms with Gasteiger partial charge in [-0.15, -0.1) is 0 Å². The van der Waals surface area contributed by atoms with Crippen LogP contribution in [0.2, 0.25) is 0 Å². The molecule has 0 spiro atoms. The van der Waals surface area contributed by atoms with Gasteiger partial charge in [0.15, 0.2) is 5.84 Å². The second kappa shape index (κ2) is 4.81. The predicted molar refractivity (Wildman–Crippen MR) is 66.4 cm³/mol. The van der Waals surface area contributed by atoms with Crippen LogP contribution in [0.25, 0.3) is 0 Å². The van der Waals surface area contributed by atoms with Crippen LogP contribution in [0.15, 0.2) is 5.16 Å². The van der Waals surface area contributed by atoms with Gasteiger partial charge >= 0.3 is 0 Å². The highest BCUT2D eigenvalue weighted by Crippen LogP contribution is 2.26. The number of hydrogen-bond acceptors (Lipinski definition) is 4. The first-order chi connectivity index (χ1) is 7.67. The molecule has 1 rings (SSSR count). The number of oxime groups is 1. The molecule has 0 aromatic rings. The van der Waals surface area contributed by atoms with Crippen LogP contribution in [0, 0.1) is 5.41 Å². The van der Waals surface area contributed by atoms with Crippen LogP contribution >= 0.6 is 0 Å². The fraction of sp³-hybridized carbons (Fsp3) is 0.900. The minimum atomic E-state index is -3.36. The lowest BCUT2D eigenvalue weighted by molar-refractivity contribution is 0.311. The molecule has 7 heteroatoms. The van der Waals surface area contributed by atoms with Gasteiger partial charge in [0.1, 0.15) is 0 Å². The Morgan fingerprint density at radius 1 is 1.53 bits per heavy atom. The summed E-state index contributed by atoms with van der Waals surface area (Å²) in [6.45, 7) is 6.07. The quantitative estimate of drug-likeness (QED) is 0.337. The van der Waals surface area contributed by atoms with Gasteiger partial charge in [-0.2, -0.15) is 4.31 Å². The highest BCUT2D eigenvalue weighted by atomic mass is 32.2. The number of nitrogens with two attached hydrogens (primary N) is 1. The number of rotatable bonds is 3. The molecular weight excluding hydrogens is 242 g/mol. The summed E-state index contributed by atoms with van der Waals surface area (Å²) in [5.41, 5.74) is 5.21. The van der Waals surface area contributed by atoms with Crippen LogP contribution in [0.1, 0.15) is 33.6 Å². The summed E-state index contributed by atoms with van der Waals surface area (Å²) in [6, 6.07) is -0.493. The van der Waals surface area contributed by atoms with Crippen LogP contribution in [0.3, 0.4) is 0 Å². The molecular formula is C10H21N3O3S. The van der Waals surface area contributed by atoms with E-state index in [0.717, 1.165) is 6.42 Å². The molecule has 1 fully saturated rings. The van der Waals surface area contributed by atoms with E-state index < -0.39 is 16.1 Å². The molecule has 0 saturated carbocycles. The summed E-state index contributed by atoms with van der Waals surface area (Å²) >= 11 is 0. The molecule has 0 aromatic carbocycles. The number of hydrogen-bond donors (Lipinski definition) is 2. The summed E-state index contributed by atoms with van der Waals surface area (Å²) in [7, 11) is -3.36. The monoisotopic (exact) mass is 263 g/mol. The summed E-state index contributed by atoms with van der Waals surface area (Å²) in [5, 5.41) is 11.6. The van der Waals surface area contributed by atoms with E-state index in [1.165, 1.54) is 4.31 Å². The van der Waals surface area contributed by atoms with Crippen molar-refractivity contribution in [2.75, 3.05) is 12.3 Å². The van der Waals surface area contributed by atoms with Crippen molar-refractivity contribution in [3.8, 4) is 0 Å². The van der Waals surface area contributed by atoms with Gasteiger partial charge in [0.05, 0.1) is 11.8 Å². The molecule has 3 N–H and O–H groups in total. The lowest BCUT2D eigenvalue weighted by Gasteiger charge is -2.27. The molecule has 1 heterocycles. The number of nitrogens with zero attached hydrogens (tertiary/aromatic N) is 2. The van der Waals surface area contributed by atoms with Crippen molar-refractivity contribution in [2.45, 2.75) is 39.7 Å². The average molecular weight is 263 g/mol. The molecule has 1 unspecified atom stereocenters. The van der Waals surface area contributed by atoms with Crippen molar-refractivity contribution in [3.63, 3.8) is 0 Å². The summed E-state index contributed by atoms with van der Waals surface area (Å²) in [5.74, 6) is 0.0369. The van der Waals surface area contributed by atoms with Gasteiger partial charge in [0.25, 0.3) is 0 Å². The highest BCUT2D eigenvalue weighted by Gasteiger charge is 2.38. The van der Waals surface area contributed by atoms with Gasteiger partial charge in [-0.05, 0) is 18.3 Å². The lowest BCUT2D eigenvalue weighted by Crippen LogP contribution is -2.46. The van der Waals surface area contributed by atoms with Crippen molar-refractivity contribution in [2.24, 2.45) is 16.3 Å². The summed E-state index contributed by atoms with van der Waals surface area (Å²) in [6.07, 6.45) is 1.35. The second-order valence-corrected chi connectivity index (χ2v) is 7.53. The number of amidine groups is 1. The van der Waals surface area contributed by atoms with E-state index >= 15 is 0 Å². The largest absolute Gasteiger partial charge is 0.409 e. The average Bonchev–Trinajstić information content (AvgIpc) is 2.61. The summed E-state index contributed by atoms with van der Waals surface area (Å²) in [4.78, 5) is 0. The van der Waals surface area contributed by atoms with Crippen molar-refractivity contribution in [1.82, 2.24) is 4.31 Å². The Hall–Kier alpha value is -0.820. The van der Waals surface area contributed by atoms with E-state index in [4.69, 9.17) is 10.9 Å². The fourth-order valence-corrected chi connectivity index (χ4v) is 4.33. The first kappa shape index (κ1) is 14.2. The molecule has 1 aliphatic rings. The molecule has 1 saturated heterocycles. The van der Waals surface area contributed by atoms with Crippen LogP contribution < -0.4 is 5.73 Å². The Balaban J connectivity index is 2.92. The fourth-order valence-electron chi connectivity index (χ4n) is 2.07. The molecule has 0 aromatic heterocycles. The van der Waals surface area contributed by atoms with Gasteiger partial charge in [0, 0.05) is 6.54 Å². The topological polar surface area (TPSA) is 96.0 Å². The van der Waals surface area contributed by atoms with Crippen LogP contribution in [-0.2, 0) is 10.0 Å². The molecule has 100 valence electrons. The molecule has 6 nitrogen and oxygen atoms in total. The van der Waals surface area contributed by atoms with Gasteiger partial charge in [-0.25, -0.2) is 8.42 Å². The van der Waals surface area contributed by atoms with Gasteiger partial charge in [-0.3, -0.25) is 0 Å². The lowest BCUT2D eigenvalue weighted by atomic mass is 10.0. The van der Waals surface area contributed by atoms with Crippen LogP contribution in [-0.4, -0.2) is 42.1 Å². The van der Waals surface area contributed by atoms with Gasteiger partial charge < -0.3 is 10.9 Å². The molecule has 0 amide bonds. The van der Waals surface area contributed by atoms with Crippen molar-refractivity contribution in [1.29, 1.82) is 0 Å². The van der Waals surface area contributed by atoms with Crippen molar-refractivity contribution < 1.29 is 13.6 Å². The minimum absolute atomic E-state index is 0.0278. The number of sulfonamides is 1. The first-order valence-corrected chi connectivity index (χ1v) is 7.25. The van der Waals surface area contributed by atoms with Crippen molar-refractivity contribution >= 4 is 15.9 Å². The Labute approximate surface area is 103 Å². The maximum Gasteiger partial charge on any atom is 0.215 e. The first-order valence-electron chi connectivity index (χ1n) is 5.64. The molecule has 0 radical (unpaired) electrons. The van der Waals surface area contributed by atoms with Crippen LogP contribution in [0.5, 0.6) is 0 Å². The zero-order chi connectivity index (χ0) is 13.3. The summed E-state index contributed by atoms with van der Waals surface area (Å²) < 4.78 is 25.8. The standard InChI is InChI=1S/C10H21N3O3S/c1-10(2,3)7-17(15,16)13-6-4-5-8(13)9(11)12-14/h8,14H,4-7H2,1-3H3,(H2,11,12). The second-order valence-electron chi connectivity index (χ2n) is 5.61. The normalized spacial score (nSPS) is 24.2. The zero-order valence-corrected chi connectivity index (χ0v) is 11.4. The third-order valence-electron chi connectivity index (χ3n) is 2.63. The van der Waals surface area contributed by atoms with E-state index in [2.05, 4.69) is 5.16 Å². The van der Waals surface area contributed by atoms with Crippen LogP contribution in [0.4, 0.5) is 0 Å². The van der Waals surface area contributed by atoms with E-state index in [1.807, 2.05) is 20.8 Å². The van der Waals surface area contributed by atoms with E-state index in [-0.39, 0.29) is 17.0 Å². The molecule has 0 aliphatic carbocycles. The zero-order valence-electron chi connectivity index (χ0n) is 10.5. The van der Waals surface area contributed by atoms with Gasteiger partial charge in [0.2, 0.25) is 10.0 Å². The molecule has 1 atom stereocenters. The third kappa shape index (κ3) is 3.57. The Bertz CT molecular complexity index is 398. The van der Waals surface area contributed by atoms with Crippen molar-refractivity contribution in [3.05, 3.63) is 0 Å². The highest BCUT2D eigenvalue weighted by molar-refractivity contribution is 7.89. The maximum absolute atomic E-state index is 12.2. The Morgan fingerprint density at radius 3 is 2.59 bits per heavy atom. The molecule has 17 heavy (non-hydrogen) atoms. The van der Waals surface area contributed by atoms with Gasteiger partial charge in [-0.1, -0.05) is 25.9 Å². The SMILES string of the molecule is CC(C)(C)CS(=O)(=O)N1CCCC1C(N)=NO.